The van der Waals surface area contributed by atoms with Crippen molar-refractivity contribution < 1.29 is 8.42 Å². The number of thiophene rings is 1. The smallest absolute Gasteiger partial charge is 0.252 e. The zero-order chi connectivity index (χ0) is 16.4. The number of hydrogen-bond donors (Lipinski definition) is 1. The molecule has 2 aromatic heterocycles. The molecule has 0 radical (unpaired) electrons. The Hall–Kier alpha value is -1.63. The van der Waals surface area contributed by atoms with Gasteiger partial charge in [-0.15, -0.1) is 11.3 Å². The van der Waals surface area contributed by atoms with E-state index in [-0.39, 0.29) is 0 Å². The minimum atomic E-state index is -3.39. The first-order valence-electron chi connectivity index (χ1n) is 7.62. The zero-order valence-corrected chi connectivity index (χ0v) is 14.9. The van der Waals surface area contributed by atoms with Crippen LogP contribution < -0.4 is 0 Å². The lowest BCUT2D eigenvalue weighted by atomic mass is 10.1. The van der Waals surface area contributed by atoms with Gasteiger partial charge in [0, 0.05) is 35.6 Å². The number of aromatic nitrogens is 1. The van der Waals surface area contributed by atoms with Crippen LogP contribution in [0.15, 0.2) is 46.8 Å². The van der Waals surface area contributed by atoms with Crippen LogP contribution in [0.5, 0.6) is 0 Å². The molecule has 0 atom stereocenters. The van der Waals surface area contributed by atoms with E-state index in [2.05, 4.69) is 11.1 Å². The Labute approximate surface area is 140 Å². The Balaban J connectivity index is 1.74. The summed E-state index contributed by atoms with van der Waals surface area (Å²) in [6.45, 7) is 2.49. The number of aryl methyl sites for hydroxylation is 1. The molecule has 0 fully saturated rings. The average Bonchev–Trinajstić information content (AvgIpc) is 3.19. The fourth-order valence-corrected chi connectivity index (χ4v) is 5.25. The summed E-state index contributed by atoms with van der Waals surface area (Å²) < 4.78 is 27.1. The van der Waals surface area contributed by atoms with E-state index >= 15 is 0 Å². The van der Waals surface area contributed by atoms with Crippen molar-refractivity contribution >= 4 is 32.3 Å². The maximum absolute atomic E-state index is 12.6. The van der Waals surface area contributed by atoms with Crippen molar-refractivity contribution in [1.82, 2.24) is 9.29 Å². The number of aromatic amines is 1. The third-order valence-corrected chi connectivity index (χ3v) is 7.57. The van der Waals surface area contributed by atoms with E-state index in [1.807, 2.05) is 37.4 Å². The van der Waals surface area contributed by atoms with Crippen molar-refractivity contribution in [3.8, 4) is 0 Å². The molecule has 0 saturated heterocycles. The summed E-state index contributed by atoms with van der Waals surface area (Å²) in [5.74, 6) is 0. The van der Waals surface area contributed by atoms with Crippen LogP contribution in [0.1, 0.15) is 17.4 Å². The molecule has 0 aliphatic rings. The minimum Gasteiger partial charge on any atom is -0.361 e. The number of nitrogens with zero attached hydrogens (tertiary/aromatic N) is 1. The van der Waals surface area contributed by atoms with Crippen LogP contribution in [0.4, 0.5) is 0 Å². The van der Waals surface area contributed by atoms with Crippen LogP contribution in [0, 0.1) is 0 Å². The molecule has 0 aliphatic heterocycles. The number of benzene rings is 1. The number of hydrogen-bond acceptors (Lipinski definition) is 3. The SMILES string of the molecule is CCc1ccc(S(=O)(=O)N(C)CCc2c[nH]c3ccccc23)s1. The summed E-state index contributed by atoms with van der Waals surface area (Å²) in [7, 11) is -1.74. The third kappa shape index (κ3) is 3.20. The topological polar surface area (TPSA) is 53.2 Å². The number of para-hydroxylation sites is 1. The first kappa shape index (κ1) is 16.2. The normalized spacial score (nSPS) is 12.3. The zero-order valence-electron chi connectivity index (χ0n) is 13.2. The number of likely N-dealkylation sites (N-methyl/N-ethyl adjacent to an activating group) is 1. The monoisotopic (exact) mass is 348 g/mol. The van der Waals surface area contributed by atoms with Crippen molar-refractivity contribution in [3.05, 3.63) is 53.0 Å². The molecule has 23 heavy (non-hydrogen) atoms. The van der Waals surface area contributed by atoms with Gasteiger partial charge >= 0.3 is 0 Å². The number of sulfonamides is 1. The van der Waals surface area contributed by atoms with E-state index in [4.69, 9.17) is 0 Å². The predicted octanol–water partition coefficient (Wildman–Crippen LogP) is 3.66. The van der Waals surface area contributed by atoms with Gasteiger partial charge in [-0.3, -0.25) is 0 Å². The van der Waals surface area contributed by atoms with Crippen molar-refractivity contribution in [2.75, 3.05) is 13.6 Å². The van der Waals surface area contributed by atoms with E-state index in [0.717, 1.165) is 27.8 Å². The van der Waals surface area contributed by atoms with Crippen LogP contribution >= 0.6 is 11.3 Å². The lowest BCUT2D eigenvalue weighted by Crippen LogP contribution is -2.28. The molecule has 3 aromatic rings. The second kappa shape index (κ2) is 6.47. The highest BCUT2D eigenvalue weighted by molar-refractivity contribution is 7.91. The summed E-state index contributed by atoms with van der Waals surface area (Å²) in [4.78, 5) is 4.32. The van der Waals surface area contributed by atoms with Crippen LogP contribution in [0.2, 0.25) is 0 Å². The van der Waals surface area contributed by atoms with Gasteiger partial charge in [0.15, 0.2) is 0 Å². The molecule has 0 bridgehead atoms. The average molecular weight is 348 g/mol. The fraction of sp³-hybridized carbons (Fsp3) is 0.294. The van der Waals surface area contributed by atoms with Gasteiger partial charge in [-0.05, 0) is 36.6 Å². The maximum atomic E-state index is 12.6. The number of nitrogens with one attached hydrogen (secondary N) is 1. The molecule has 6 heteroatoms. The highest BCUT2D eigenvalue weighted by atomic mass is 32.2. The summed E-state index contributed by atoms with van der Waals surface area (Å²) in [6.07, 6.45) is 3.51. The van der Waals surface area contributed by atoms with Crippen LogP contribution in [0.3, 0.4) is 0 Å². The molecule has 1 N–H and O–H groups in total. The van der Waals surface area contributed by atoms with Gasteiger partial charge in [0.2, 0.25) is 0 Å². The largest absolute Gasteiger partial charge is 0.361 e. The molecule has 0 unspecified atom stereocenters. The van der Waals surface area contributed by atoms with Crippen LogP contribution in [-0.2, 0) is 22.9 Å². The lowest BCUT2D eigenvalue weighted by Gasteiger charge is -2.15. The van der Waals surface area contributed by atoms with Gasteiger partial charge in [0.25, 0.3) is 10.0 Å². The Kier molecular flexibility index (Phi) is 4.57. The van der Waals surface area contributed by atoms with E-state index in [0.29, 0.717) is 17.2 Å². The van der Waals surface area contributed by atoms with E-state index in [9.17, 15) is 8.42 Å². The molecule has 2 heterocycles. The van der Waals surface area contributed by atoms with Gasteiger partial charge < -0.3 is 4.98 Å². The molecule has 0 aliphatic carbocycles. The van der Waals surface area contributed by atoms with Crippen molar-refractivity contribution in [2.45, 2.75) is 24.0 Å². The highest BCUT2D eigenvalue weighted by Gasteiger charge is 2.22. The van der Waals surface area contributed by atoms with Crippen molar-refractivity contribution in [2.24, 2.45) is 0 Å². The van der Waals surface area contributed by atoms with Crippen molar-refractivity contribution in [1.29, 1.82) is 0 Å². The van der Waals surface area contributed by atoms with Gasteiger partial charge in [0.05, 0.1) is 0 Å². The molecular formula is C17H20N2O2S2. The highest BCUT2D eigenvalue weighted by Crippen LogP contribution is 2.25. The third-order valence-electron chi connectivity index (χ3n) is 4.02. The summed E-state index contributed by atoms with van der Waals surface area (Å²) >= 11 is 1.36. The van der Waals surface area contributed by atoms with Gasteiger partial charge in [-0.2, -0.15) is 4.31 Å². The first-order chi connectivity index (χ1) is 11.0. The van der Waals surface area contributed by atoms with Crippen molar-refractivity contribution in [3.63, 3.8) is 0 Å². The molecule has 1 aromatic carbocycles. The van der Waals surface area contributed by atoms with Gasteiger partial charge in [-0.1, -0.05) is 25.1 Å². The number of H-pyrrole nitrogens is 1. The second-order valence-corrected chi connectivity index (χ2v) is 8.95. The van der Waals surface area contributed by atoms with Crippen LogP contribution in [0.25, 0.3) is 10.9 Å². The Morgan fingerprint density at radius 1 is 1.17 bits per heavy atom. The maximum Gasteiger partial charge on any atom is 0.252 e. The molecule has 4 nitrogen and oxygen atoms in total. The predicted molar refractivity (Wildman–Crippen MR) is 95.5 cm³/mol. The standard InChI is InChI=1S/C17H20N2O2S2/c1-3-14-8-9-17(22-14)23(20,21)19(2)11-10-13-12-18-16-7-5-4-6-15(13)16/h4-9,12,18H,3,10-11H2,1-2H3. The molecule has 0 saturated carbocycles. The van der Waals surface area contributed by atoms with E-state index in [1.165, 1.54) is 15.6 Å². The number of fused-ring (bicyclic) bond motifs is 1. The Bertz CT molecular complexity index is 909. The Morgan fingerprint density at radius 2 is 1.96 bits per heavy atom. The first-order valence-corrected chi connectivity index (χ1v) is 9.88. The molecule has 0 spiro atoms. The summed E-state index contributed by atoms with van der Waals surface area (Å²) in [6, 6.07) is 11.7. The summed E-state index contributed by atoms with van der Waals surface area (Å²) in [5, 5.41) is 1.16. The second-order valence-electron chi connectivity index (χ2n) is 5.51. The fourth-order valence-electron chi connectivity index (χ4n) is 2.58. The lowest BCUT2D eigenvalue weighted by molar-refractivity contribution is 0.474. The minimum absolute atomic E-state index is 0.427. The quantitative estimate of drug-likeness (QED) is 0.739. The number of rotatable bonds is 6. The van der Waals surface area contributed by atoms with Crippen LogP contribution in [-0.4, -0.2) is 31.3 Å². The molecule has 0 amide bonds. The van der Waals surface area contributed by atoms with E-state index in [1.54, 1.807) is 13.1 Å². The van der Waals surface area contributed by atoms with Gasteiger partial charge in [0.1, 0.15) is 4.21 Å². The van der Waals surface area contributed by atoms with E-state index < -0.39 is 10.0 Å². The molecular weight excluding hydrogens is 328 g/mol. The Morgan fingerprint density at radius 3 is 2.70 bits per heavy atom. The van der Waals surface area contributed by atoms with Gasteiger partial charge in [-0.25, -0.2) is 8.42 Å². The molecule has 122 valence electrons. The summed E-state index contributed by atoms with van der Waals surface area (Å²) in [5.41, 5.74) is 2.22. The molecule has 3 rings (SSSR count).